The van der Waals surface area contributed by atoms with Crippen LogP contribution in [0.4, 0.5) is 0 Å². The summed E-state index contributed by atoms with van der Waals surface area (Å²) in [7, 11) is 0. The fourth-order valence-electron chi connectivity index (χ4n) is 4.40. The van der Waals surface area contributed by atoms with Gasteiger partial charge in [0.05, 0.1) is 0 Å². The Kier molecular flexibility index (Phi) is 3.71. The van der Waals surface area contributed by atoms with E-state index in [1.807, 2.05) is 0 Å². The summed E-state index contributed by atoms with van der Waals surface area (Å²) in [6.07, 6.45) is 5.99. The third kappa shape index (κ3) is 2.73. The van der Waals surface area contributed by atoms with Crippen LogP contribution in [0.25, 0.3) is 11.1 Å². The minimum absolute atomic E-state index is 0.154. The minimum Gasteiger partial charge on any atom is -0.0807 e. The average Bonchev–Trinajstić information content (AvgIpc) is 2.41. The van der Waals surface area contributed by atoms with Gasteiger partial charge in [0.15, 0.2) is 0 Å². The van der Waals surface area contributed by atoms with Gasteiger partial charge >= 0.3 is 0 Å². The second kappa shape index (κ2) is 5.23. The molecule has 0 radical (unpaired) electrons. The number of hydrogen-bond acceptors (Lipinski definition) is 0. The molecule has 0 spiro atoms. The maximum atomic E-state index is 2.44. The highest BCUT2D eigenvalue weighted by atomic mass is 14.4. The highest BCUT2D eigenvalue weighted by Crippen LogP contribution is 2.47. The average molecular weight is 306 g/mol. The Morgan fingerprint density at radius 2 is 1.48 bits per heavy atom. The lowest BCUT2D eigenvalue weighted by Crippen LogP contribution is -2.43. The Morgan fingerprint density at radius 3 is 2.04 bits per heavy atom. The number of allylic oxidation sites excluding steroid dienone is 4. The van der Waals surface area contributed by atoms with E-state index in [-0.39, 0.29) is 10.8 Å². The van der Waals surface area contributed by atoms with E-state index in [2.05, 4.69) is 84.9 Å². The number of rotatable bonds is 0. The van der Waals surface area contributed by atoms with Crippen molar-refractivity contribution in [2.75, 3.05) is 0 Å². The first kappa shape index (κ1) is 16.3. The van der Waals surface area contributed by atoms with Crippen LogP contribution in [0.15, 0.2) is 47.6 Å². The van der Waals surface area contributed by atoms with Crippen molar-refractivity contribution in [1.29, 1.82) is 0 Å². The first-order valence-corrected chi connectivity index (χ1v) is 8.84. The summed E-state index contributed by atoms with van der Waals surface area (Å²) in [5, 5.41) is 2.92. The molecule has 0 bridgehead atoms. The third-order valence-corrected chi connectivity index (χ3v) is 5.12. The number of benzene rings is 1. The monoisotopic (exact) mass is 306 g/mol. The lowest BCUT2D eigenvalue weighted by atomic mass is 9.63. The Balaban J connectivity index is 2.53. The largest absolute Gasteiger partial charge is 0.0807 e. The van der Waals surface area contributed by atoms with Crippen LogP contribution in [-0.4, -0.2) is 0 Å². The molecule has 0 nitrogen and oxygen atoms in total. The predicted molar refractivity (Wildman–Crippen MR) is 101 cm³/mol. The van der Waals surface area contributed by atoms with Crippen molar-refractivity contribution in [3.63, 3.8) is 0 Å². The van der Waals surface area contributed by atoms with Crippen molar-refractivity contribution >= 4 is 11.1 Å². The predicted octanol–water partition coefficient (Wildman–Crippen LogP) is 4.99. The molecule has 0 heterocycles. The lowest BCUT2D eigenvalue weighted by Gasteiger charge is -2.40. The molecule has 0 amide bonds. The standard InChI is InChI=1S/C23H30/c1-15-12-13-18-19(14-15)21(23(5,6)7)17-11-9-8-10-16(17)20(18)22(2,3)4/h8-12,14,18H,13H2,1-7H3. The Morgan fingerprint density at radius 1 is 0.870 bits per heavy atom. The van der Waals surface area contributed by atoms with E-state index in [4.69, 9.17) is 0 Å². The second-order valence-electron chi connectivity index (χ2n) is 9.17. The van der Waals surface area contributed by atoms with Gasteiger partial charge < -0.3 is 0 Å². The molecule has 23 heavy (non-hydrogen) atoms. The molecule has 3 rings (SSSR count). The van der Waals surface area contributed by atoms with Crippen LogP contribution in [0.2, 0.25) is 0 Å². The first-order valence-electron chi connectivity index (χ1n) is 8.84. The van der Waals surface area contributed by atoms with Gasteiger partial charge in [-0.3, -0.25) is 0 Å². The number of hydrogen-bond donors (Lipinski definition) is 0. The van der Waals surface area contributed by atoms with Crippen molar-refractivity contribution in [1.82, 2.24) is 0 Å². The highest BCUT2D eigenvalue weighted by molar-refractivity contribution is 5.80. The van der Waals surface area contributed by atoms with Crippen LogP contribution in [0.1, 0.15) is 54.9 Å². The van der Waals surface area contributed by atoms with Crippen LogP contribution in [0.5, 0.6) is 0 Å². The molecule has 1 aromatic rings. The van der Waals surface area contributed by atoms with Gasteiger partial charge in [-0.25, -0.2) is 0 Å². The minimum atomic E-state index is 0.154. The second-order valence-corrected chi connectivity index (χ2v) is 9.17. The van der Waals surface area contributed by atoms with Gasteiger partial charge in [0, 0.05) is 5.92 Å². The lowest BCUT2D eigenvalue weighted by molar-refractivity contribution is 0.498. The molecule has 0 aromatic heterocycles. The van der Waals surface area contributed by atoms with Crippen LogP contribution < -0.4 is 10.4 Å². The zero-order chi connectivity index (χ0) is 17.0. The molecule has 0 saturated heterocycles. The van der Waals surface area contributed by atoms with Crippen molar-refractivity contribution in [3.05, 3.63) is 58.0 Å². The molecule has 1 atom stereocenters. The summed E-state index contributed by atoms with van der Waals surface area (Å²) in [6, 6.07) is 9.05. The maximum absolute atomic E-state index is 2.44. The zero-order valence-electron chi connectivity index (χ0n) is 15.7. The molecular weight excluding hydrogens is 276 g/mol. The van der Waals surface area contributed by atoms with E-state index in [9.17, 15) is 0 Å². The van der Waals surface area contributed by atoms with Crippen LogP contribution in [0.3, 0.4) is 0 Å². The van der Waals surface area contributed by atoms with Gasteiger partial charge in [-0.05, 0) is 51.3 Å². The molecule has 1 aromatic carbocycles. The first-order chi connectivity index (χ1) is 10.6. The summed E-state index contributed by atoms with van der Waals surface area (Å²) >= 11 is 0. The molecule has 2 aliphatic carbocycles. The van der Waals surface area contributed by atoms with Gasteiger partial charge in [0.1, 0.15) is 0 Å². The summed E-state index contributed by atoms with van der Waals surface area (Å²) < 4.78 is 0. The smallest absolute Gasteiger partial charge is 0.0101 e. The fraction of sp³-hybridized carbons (Fsp3) is 0.478. The molecule has 0 heteroatoms. The Bertz CT molecular complexity index is 814. The van der Waals surface area contributed by atoms with Crippen LogP contribution in [-0.2, 0) is 0 Å². The van der Waals surface area contributed by atoms with E-state index in [0.29, 0.717) is 5.92 Å². The van der Waals surface area contributed by atoms with E-state index in [0.717, 1.165) is 6.42 Å². The van der Waals surface area contributed by atoms with E-state index in [1.165, 1.54) is 16.0 Å². The van der Waals surface area contributed by atoms with Crippen molar-refractivity contribution in [3.8, 4) is 0 Å². The summed E-state index contributed by atoms with van der Waals surface area (Å²) in [4.78, 5) is 0. The maximum Gasteiger partial charge on any atom is 0.0101 e. The molecular formula is C23H30. The molecule has 0 fully saturated rings. The van der Waals surface area contributed by atoms with Gasteiger partial charge in [-0.2, -0.15) is 0 Å². The Hall–Kier alpha value is -1.56. The normalized spacial score (nSPS) is 21.4. The fourth-order valence-corrected chi connectivity index (χ4v) is 4.40. The Labute approximate surface area is 141 Å². The van der Waals surface area contributed by atoms with Gasteiger partial charge in [-0.15, -0.1) is 0 Å². The molecule has 122 valence electrons. The van der Waals surface area contributed by atoms with Crippen LogP contribution >= 0.6 is 0 Å². The van der Waals surface area contributed by atoms with E-state index in [1.54, 1.807) is 16.7 Å². The molecule has 0 N–H and O–H groups in total. The van der Waals surface area contributed by atoms with Crippen molar-refractivity contribution in [2.24, 2.45) is 16.7 Å². The molecule has 0 saturated carbocycles. The number of fused-ring (bicyclic) bond motifs is 2. The zero-order valence-corrected chi connectivity index (χ0v) is 15.7. The van der Waals surface area contributed by atoms with Gasteiger partial charge in [-0.1, -0.05) is 83.5 Å². The summed E-state index contributed by atoms with van der Waals surface area (Å²) in [6.45, 7) is 16.4. The SMILES string of the molecule is CC1=CCC2C(=C1)C(C(C)(C)C)=c1ccccc1=C2C(C)(C)C. The van der Waals surface area contributed by atoms with Crippen molar-refractivity contribution in [2.45, 2.75) is 54.9 Å². The van der Waals surface area contributed by atoms with Gasteiger partial charge in [0.25, 0.3) is 0 Å². The topological polar surface area (TPSA) is 0 Å². The third-order valence-electron chi connectivity index (χ3n) is 5.12. The van der Waals surface area contributed by atoms with Crippen LogP contribution in [0, 0.1) is 16.7 Å². The summed E-state index contributed by atoms with van der Waals surface area (Å²) in [5.74, 6) is 0.530. The van der Waals surface area contributed by atoms with E-state index < -0.39 is 0 Å². The quantitative estimate of drug-likeness (QED) is 0.633. The molecule has 1 unspecified atom stereocenters. The van der Waals surface area contributed by atoms with Crippen molar-refractivity contribution < 1.29 is 0 Å². The van der Waals surface area contributed by atoms with Gasteiger partial charge in [0.2, 0.25) is 0 Å². The molecule has 0 aliphatic heterocycles. The summed E-state index contributed by atoms with van der Waals surface area (Å²) in [5.41, 5.74) is 6.45. The highest BCUT2D eigenvalue weighted by Gasteiger charge is 2.36. The van der Waals surface area contributed by atoms with E-state index >= 15 is 0 Å². The molecule has 2 aliphatic rings.